The lowest BCUT2D eigenvalue weighted by atomic mass is 10.1. The Kier molecular flexibility index (Phi) is 8.67. The Hall–Kier alpha value is -1.97. The van der Waals surface area contributed by atoms with Gasteiger partial charge in [-0.15, -0.1) is 0 Å². The number of benzene rings is 1. The molecule has 1 aromatic heterocycles. The molecule has 1 aliphatic heterocycles. The van der Waals surface area contributed by atoms with Crippen molar-refractivity contribution in [3.63, 3.8) is 0 Å². The highest BCUT2D eigenvalue weighted by atomic mass is 32.2. The molecule has 2 heterocycles. The quantitative estimate of drug-likeness (QED) is 0.472. The van der Waals surface area contributed by atoms with Crippen LogP contribution in [-0.4, -0.2) is 60.7 Å². The maximum atomic E-state index is 12.9. The SMILES string of the molecule is CCCn1c(CCC(=O)OCC2CCCCO2)nc2cc(S(=O)(=O)N(CC)CC)ccc21. The summed E-state index contributed by atoms with van der Waals surface area (Å²) in [5.41, 5.74) is 1.51. The molecule has 1 atom stereocenters. The largest absolute Gasteiger partial charge is 0.463 e. The predicted octanol–water partition coefficient (Wildman–Crippen LogP) is 3.52. The van der Waals surface area contributed by atoms with Crippen LogP contribution in [0.25, 0.3) is 11.0 Å². The number of aryl methyl sites for hydroxylation is 2. The van der Waals surface area contributed by atoms with Gasteiger partial charge in [0.25, 0.3) is 0 Å². The van der Waals surface area contributed by atoms with E-state index in [0.717, 1.165) is 50.2 Å². The highest BCUT2D eigenvalue weighted by Gasteiger charge is 2.23. The number of imidazole rings is 1. The Morgan fingerprint density at radius 1 is 1.25 bits per heavy atom. The number of ether oxygens (including phenoxy) is 2. The van der Waals surface area contributed by atoms with Gasteiger partial charge in [0, 0.05) is 32.7 Å². The van der Waals surface area contributed by atoms with Crippen LogP contribution in [0.5, 0.6) is 0 Å². The summed E-state index contributed by atoms with van der Waals surface area (Å²) in [4.78, 5) is 17.2. The van der Waals surface area contributed by atoms with Gasteiger partial charge in [-0.05, 0) is 43.9 Å². The van der Waals surface area contributed by atoms with Gasteiger partial charge in [-0.2, -0.15) is 4.31 Å². The molecule has 3 rings (SSSR count). The van der Waals surface area contributed by atoms with Crippen LogP contribution in [0.4, 0.5) is 0 Å². The highest BCUT2D eigenvalue weighted by Crippen LogP contribution is 2.24. The van der Waals surface area contributed by atoms with E-state index in [2.05, 4.69) is 16.5 Å². The van der Waals surface area contributed by atoms with E-state index in [1.807, 2.05) is 19.9 Å². The fourth-order valence-corrected chi connectivity index (χ4v) is 5.59. The van der Waals surface area contributed by atoms with Crippen LogP contribution < -0.4 is 0 Å². The van der Waals surface area contributed by atoms with Crippen LogP contribution in [-0.2, 0) is 37.3 Å². The number of carbonyl (C=O) groups excluding carboxylic acids is 1. The lowest BCUT2D eigenvalue weighted by molar-refractivity contribution is -0.149. The number of aromatic nitrogens is 2. The van der Waals surface area contributed by atoms with Crippen molar-refractivity contribution < 1.29 is 22.7 Å². The van der Waals surface area contributed by atoms with Gasteiger partial charge < -0.3 is 14.0 Å². The summed E-state index contributed by atoms with van der Waals surface area (Å²) in [5, 5.41) is 0. The molecular weight excluding hydrogens is 430 g/mol. The first-order valence-electron chi connectivity index (χ1n) is 11.7. The van der Waals surface area contributed by atoms with Crippen molar-refractivity contribution in [1.29, 1.82) is 0 Å². The van der Waals surface area contributed by atoms with Crippen LogP contribution in [0.15, 0.2) is 23.1 Å². The Bertz CT molecular complexity index is 1010. The first kappa shape index (κ1) is 24.7. The minimum Gasteiger partial charge on any atom is -0.463 e. The summed E-state index contributed by atoms with van der Waals surface area (Å²) in [6.45, 7) is 8.35. The molecule has 0 radical (unpaired) electrons. The van der Waals surface area contributed by atoms with E-state index < -0.39 is 10.0 Å². The zero-order valence-electron chi connectivity index (χ0n) is 19.4. The molecular formula is C23H35N3O5S. The van der Waals surface area contributed by atoms with Crippen molar-refractivity contribution >= 4 is 27.0 Å². The number of sulfonamides is 1. The maximum absolute atomic E-state index is 12.9. The molecule has 0 saturated carbocycles. The van der Waals surface area contributed by atoms with Crippen molar-refractivity contribution in [2.24, 2.45) is 0 Å². The second-order valence-electron chi connectivity index (χ2n) is 8.09. The predicted molar refractivity (Wildman–Crippen MR) is 123 cm³/mol. The maximum Gasteiger partial charge on any atom is 0.306 e. The molecule has 0 bridgehead atoms. The lowest BCUT2D eigenvalue weighted by Gasteiger charge is -2.22. The van der Waals surface area contributed by atoms with Gasteiger partial charge in [-0.3, -0.25) is 4.79 Å². The molecule has 1 aliphatic rings. The molecule has 9 heteroatoms. The molecule has 1 saturated heterocycles. The molecule has 0 N–H and O–H groups in total. The Labute approximate surface area is 190 Å². The average molecular weight is 466 g/mol. The fourth-order valence-electron chi connectivity index (χ4n) is 4.11. The normalized spacial score (nSPS) is 17.2. The van der Waals surface area contributed by atoms with Crippen LogP contribution in [0.2, 0.25) is 0 Å². The number of nitrogens with zero attached hydrogens (tertiary/aromatic N) is 3. The molecule has 1 fully saturated rings. The van der Waals surface area contributed by atoms with E-state index in [1.54, 1.807) is 12.1 Å². The standard InChI is InChI=1S/C23H35N3O5S/c1-4-14-26-21-11-10-19(32(28,29)25(5-2)6-3)16-20(21)24-22(26)12-13-23(27)31-17-18-9-7-8-15-30-18/h10-11,16,18H,4-9,12-15,17H2,1-3H3. The highest BCUT2D eigenvalue weighted by molar-refractivity contribution is 7.89. The van der Waals surface area contributed by atoms with Crippen LogP contribution in [0, 0.1) is 0 Å². The summed E-state index contributed by atoms with van der Waals surface area (Å²) in [7, 11) is -3.55. The summed E-state index contributed by atoms with van der Waals surface area (Å²) < 4.78 is 40.3. The van der Waals surface area contributed by atoms with Gasteiger partial charge in [0.15, 0.2) is 0 Å². The van der Waals surface area contributed by atoms with E-state index in [1.165, 1.54) is 4.31 Å². The van der Waals surface area contributed by atoms with Crippen molar-refractivity contribution in [1.82, 2.24) is 13.9 Å². The van der Waals surface area contributed by atoms with Gasteiger partial charge in [0.2, 0.25) is 10.0 Å². The number of rotatable bonds is 11. The van der Waals surface area contributed by atoms with Gasteiger partial charge in [-0.1, -0.05) is 20.8 Å². The molecule has 2 aromatic rings. The van der Waals surface area contributed by atoms with Crippen LogP contribution in [0.3, 0.4) is 0 Å². The third-order valence-electron chi connectivity index (χ3n) is 5.85. The van der Waals surface area contributed by atoms with Crippen LogP contribution >= 0.6 is 0 Å². The first-order valence-corrected chi connectivity index (χ1v) is 13.1. The number of fused-ring (bicyclic) bond motifs is 1. The molecule has 0 aliphatic carbocycles. The number of carbonyl (C=O) groups is 1. The topological polar surface area (TPSA) is 90.7 Å². The minimum atomic E-state index is -3.55. The molecule has 0 amide bonds. The van der Waals surface area contributed by atoms with Crippen molar-refractivity contribution in [3.05, 3.63) is 24.0 Å². The third kappa shape index (κ3) is 5.68. The second-order valence-corrected chi connectivity index (χ2v) is 10.0. The molecule has 32 heavy (non-hydrogen) atoms. The van der Waals surface area contributed by atoms with Crippen LogP contribution in [0.1, 0.15) is 58.7 Å². The summed E-state index contributed by atoms with van der Waals surface area (Å²) in [6, 6.07) is 5.10. The second kappa shape index (κ2) is 11.2. The van der Waals surface area contributed by atoms with E-state index in [4.69, 9.17) is 9.47 Å². The molecule has 8 nitrogen and oxygen atoms in total. The van der Waals surface area contributed by atoms with E-state index in [0.29, 0.717) is 31.6 Å². The Balaban J connectivity index is 1.74. The van der Waals surface area contributed by atoms with Crippen molar-refractivity contribution in [2.75, 3.05) is 26.3 Å². The van der Waals surface area contributed by atoms with Gasteiger partial charge in [0.05, 0.1) is 28.5 Å². The lowest BCUT2D eigenvalue weighted by Crippen LogP contribution is -2.30. The Morgan fingerprint density at radius 3 is 2.69 bits per heavy atom. The summed E-state index contributed by atoms with van der Waals surface area (Å²) in [5.74, 6) is 0.504. The van der Waals surface area contributed by atoms with E-state index >= 15 is 0 Å². The monoisotopic (exact) mass is 465 g/mol. The van der Waals surface area contributed by atoms with Gasteiger partial charge in [0.1, 0.15) is 12.4 Å². The Morgan fingerprint density at radius 2 is 2.03 bits per heavy atom. The average Bonchev–Trinajstić information content (AvgIpc) is 3.14. The van der Waals surface area contributed by atoms with Crippen molar-refractivity contribution in [2.45, 2.75) is 76.8 Å². The summed E-state index contributed by atoms with van der Waals surface area (Å²) in [6.07, 6.45) is 4.68. The molecule has 178 valence electrons. The number of hydrogen-bond donors (Lipinski definition) is 0. The van der Waals surface area contributed by atoms with E-state index in [-0.39, 0.29) is 23.4 Å². The summed E-state index contributed by atoms with van der Waals surface area (Å²) >= 11 is 0. The van der Waals surface area contributed by atoms with Gasteiger partial charge >= 0.3 is 5.97 Å². The molecule has 0 spiro atoms. The minimum absolute atomic E-state index is 0.00328. The zero-order chi connectivity index (χ0) is 23.1. The zero-order valence-corrected chi connectivity index (χ0v) is 20.2. The van der Waals surface area contributed by atoms with Gasteiger partial charge in [-0.25, -0.2) is 13.4 Å². The fraction of sp³-hybridized carbons (Fsp3) is 0.652. The van der Waals surface area contributed by atoms with Crippen molar-refractivity contribution in [3.8, 4) is 0 Å². The third-order valence-corrected chi connectivity index (χ3v) is 7.89. The first-order chi connectivity index (χ1) is 15.4. The molecule has 1 unspecified atom stereocenters. The molecule has 1 aromatic carbocycles. The van der Waals surface area contributed by atoms with E-state index in [9.17, 15) is 13.2 Å². The number of esters is 1. The smallest absolute Gasteiger partial charge is 0.306 e. The number of hydrogen-bond acceptors (Lipinski definition) is 6.